The van der Waals surface area contributed by atoms with E-state index in [0.29, 0.717) is 18.9 Å². The van der Waals surface area contributed by atoms with E-state index in [1.165, 1.54) is 5.56 Å². The number of hydrogen-bond donors (Lipinski definition) is 2. The fraction of sp³-hybridized carbons (Fsp3) is 0.259. The number of hydrogen-bond acceptors (Lipinski definition) is 4. The lowest BCUT2D eigenvalue weighted by molar-refractivity contribution is 0.736. The van der Waals surface area contributed by atoms with Gasteiger partial charge in [-0.3, -0.25) is 9.78 Å². The zero-order valence-electron chi connectivity index (χ0n) is 19.1. The van der Waals surface area contributed by atoms with Crippen molar-refractivity contribution in [3.05, 3.63) is 107 Å². The van der Waals surface area contributed by atoms with Gasteiger partial charge in [-0.25, -0.2) is 4.98 Å². The lowest BCUT2D eigenvalue weighted by Gasteiger charge is -2.22. The summed E-state index contributed by atoms with van der Waals surface area (Å²) >= 11 is 0. The van der Waals surface area contributed by atoms with Crippen LogP contribution in [0.2, 0.25) is 0 Å². The lowest BCUT2D eigenvalue weighted by Crippen LogP contribution is -2.29. The first-order valence-electron chi connectivity index (χ1n) is 10.6. The first kappa shape index (κ1) is 26.4. The number of H-pyrrole nitrogens is 1. The summed E-state index contributed by atoms with van der Waals surface area (Å²) in [4.78, 5) is 21.8. The summed E-state index contributed by atoms with van der Waals surface area (Å²) in [5.74, 6) is 0.612. The summed E-state index contributed by atoms with van der Waals surface area (Å²) < 4.78 is 0. The van der Waals surface area contributed by atoms with E-state index in [1.807, 2.05) is 56.6 Å². The third-order valence-electron chi connectivity index (χ3n) is 4.40. The standard InChI is InChI=1S/C23H25N3O.C2H7N.C2H2/c1-2-15-26(16-9-14-19-10-5-3-6-11-19)23-24-21(18-22(27)25-23)17-20-12-7-4-8-13-20;1-3-2;1-2/h2-8,10-13,18H,1,9,14-17H2,(H,24,25,27);3H,1-2H3;1-2H. The van der Waals surface area contributed by atoms with Crippen LogP contribution in [0.4, 0.5) is 5.95 Å². The van der Waals surface area contributed by atoms with Gasteiger partial charge in [0.05, 0.1) is 5.69 Å². The molecule has 0 aliphatic carbocycles. The van der Waals surface area contributed by atoms with Crippen LogP contribution in [0.15, 0.2) is 84.2 Å². The van der Waals surface area contributed by atoms with E-state index in [1.54, 1.807) is 6.07 Å². The Hall–Kier alpha value is -3.62. The highest BCUT2D eigenvalue weighted by atomic mass is 16.1. The Labute approximate surface area is 192 Å². The van der Waals surface area contributed by atoms with Crippen molar-refractivity contribution >= 4 is 5.95 Å². The van der Waals surface area contributed by atoms with Gasteiger partial charge in [0.25, 0.3) is 5.56 Å². The van der Waals surface area contributed by atoms with Crippen molar-refractivity contribution in [3.63, 3.8) is 0 Å². The van der Waals surface area contributed by atoms with E-state index in [-0.39, 0.29) is 5.56 Å². The van der Waals surface area contributed by atoms with Crippen LogP contribution in [-0.4, -0.2) is 37.2 Å². The van der Waals surface area contributed by atoms with Crippen LogP contribution in [0.3, 0.4) is 0 Å². The van der Waals surface area contributed by atoms with E-state index in [2.05, 4.69) is 58.9 Å². The fourth-order valence-corrected chi connectivity index (χ4v) is 3.10. The molecule has 32 heavy (non-hydrogen) atoms. The van der Waals surface area contributed by atoms with E-state index in [0.717, 1.165) is 30.6 Å². The van der Waals surface area contributed by atoms with Gasteiger partial charge in [-0.15, -0.1) is 19.4 Å². The molecular weight excluding hydrogens is 396 g/mol. The van der Waals surface area contributed by atoms with Gasteiger partial charge in [-0.1, -0.05) is 66.7 Å². The zero-order chi connectivity index (χ0) is 23.6. The van der Waals surface area contributed by atoms with Crippen molar-refractivity contribution < 1.29 is 0 Å². The maximum absolute atomic E-state index is 12.2. The first-order chi connectivity index (χ1) is 15.7. The quantitative estimate of drug-likeness (QED) is 0.397. The smallest absolute Gasteiger partial charge is 0.252 e. The molecule has 0 atom stereocenters. The number of nitrogens with zero attached hydrogens (tertiary/aromatic N) is 2. The number of anilines is 1. The summed E-state index contributed by atoms with van der Waals surface area (Å²) in [6.45, 7) is 5.29. The molecule has 3 rings (SSSR count). The molecule has 0 aliphatic heterocycles. The first-order valence-corrected chi connectivity index (χ1v) is 10.6. The highest BCUT2D eigenvalue weighted by molar-refractivity contribution is 5.33. The van der Waals surface area contributed by atoms with Gasteiger partial charge >= 0.3 is 0 Å². The van der Waals surface area contributed by atoms with Crippen LogP contribution in [0, 0.1) is 12.8 Å². The molecule has 1 aromatic heterocycles. The zero-order valence-corrected chi connectivity index (χ0v) is 19.1. The molecule has 5 nitrogen and oxygen atoms in total. The van der Waals surface area contributed by atoms with Gasteiger partial charge in [0.1, 0.15) is 0 Å². The van der Waals surface area contributed by atoms with Crippen molar-refractivity contribution in [2.75, 3.05) is 32.1 Å². The topological polar surface area (TPSA) is 61.0 Å². The summed E-state index contributed by atoms with van der Waals surface area (Å²) in [6, 6.07) is 22.1. The minimum Gasteiger partial charge on any atom is -0.339 e. The highest BCUT2D eigenvalue weighted by Gasteiger charge is 2.10. The molecule has 3 aromatic rings. The molecule has 0 aliphatic rings. The van der Waals surface area contributed by atoms with Crippen LogP contribution in [0.1, 0.15) is 23.2 Å². The normalized spacial score (nSPS) is 9.50. The molecule has 2 aromatic carbocycles. The van der Waals surface area contributed by atoms with Crippen LogP contribution in [0.5, 0.6) is 0 Å². The molecule has 0 spiro atoms. The number of benzene rings is 2. The van der Waals surface area contributed by atoms with Crippen molar-refractivity contribution in [1.82, 2.24) is 15.3 Å². The minimum absolute atomic E-state index is 0.122. The summed E-state index contributed by atoms with van der Waals surface area (Å²) in [6.07, 6.45) is 12.4. The summed E-state index contributed by atoms with van der Waals surface area (Å²) in [5, 5.41) is 2.75. The number of terminal acetylenes is 1. The van der Waals surface area contributed by atoms with E-state index in [9.17, 15) is 4.79 Å². The molecule has 0 saturated heterocycles. The third-order valence-corrected chi connectivity index (χ3v) is 4.40. The molecule has 0 bridgehead atoms. The monoisotopic (exact) mass is 430 g/mol. The fourth-order valence-electron chi connectivity index (χ4n) is 3.10. The molecule has 0 radical (unpaired) electrons. The maximum Gasteiger partial charge on any atom is 0.252 e. The number of aryl methyl sites for hydroxylation is 1. The minimum atomic E-state index is -0.122. The average molecular weight is 431 g/mol. The summed E-state index contributed by atoms with van der Waals surface area (Å²) in [7, 11) is 3.75. The van der Waals surface area contributed by atoms with Crippen molar-refractivity contribution in [2.45, 2.75) is 19.3 Å². The van der Waals surface area contributed by atoms with Gasteiger partial charge in [-0.05, 0) is 38.1 Å². The van der Waals surface area contributed by atoms with Gasteiger partial charge in [0.2, 0.25) is 5.95 Å². The largest absolute Gasteiger partial charge is 0.339 e. The molecule has 0 saturated carbocycles. The molecule has 2 N–H and O–H groups in total. The Morgan fingerprint density at radius 1 is 1.03 bits per heavy atom. The summed E-state index contributed by atoms with van der Waals surface area (Å²) in [5.41, 5.74) is 3.11. The van der Waals surface area contributed by atoms with Gasteiger partial charge < -0.3 is 10.2 Å². The predicted octanol–water partition coefficient (Wildman–Crippen LogP) is 4.07. The number of aromatic nitrogens is 2. The SMILES string of the molecule is C#C.C=CCN(CCCc1ccccc1)c1nc(Cc2ccccc2)cc(=O)[nH]1.CNC. The molecule has 1 heterocycles. The molecule has 0 unspecified atom stereocenters. The second-order valence-electron chi connectivity index (χ2n) is 7.05. The Morgan fingerprint density at radius 3 is 2.16 bits per heavy atom. The van der Waals surface area contributed by atoms with Crippen LogP contribution in [-0.2, 0) is 12.8 Å². The third kappa shape index (κ3) is 9.92. The molecule has 0 amide bonds. The Morgan fingerprint density at radius 2 is 1.59 bits per heavy atom. The van der Waals surface area contributed by atoms with E-state index >= 15 is 0 Å². The second-order valence-corrected chi connectivity index (χ2v) is 7.05. The van der Waals surface area contributed by atoms with E-state index in [4.69, 9.17) is 4.98 Å². The van der Waals surface area contributed by atoms with Gasteiger partial charge in [0, 0.05) is 25.6 Å². The molecule has 5 heteroatoms. The molecule has 168 valence electrons. The number of rotatable bonds is 9. The maximum atomic E-state index is 12.2. The highest BCUT2D eigenvalue weighted by Crippen LogP contribution is 2.12. The molecular formula is C27H34N4O. The van der Waals surface area contributed by atoms with Gasteiger partial charge in [-0.2, -0.15) is 0 Å². The van der Waals surface area contributed by atoms with Gasteiger partial charge in [0.15, 0.2) is 0 Å². The van der Waals surface area contributed by atoms with Crippen molar-refractivity contribution in [2.24, 2.45) is 0 Å². The second kappa shape index (κ2) is 16.1. The van der Waals surface area contributed by atoms with Crippen LogP contribution < -0.4 is 15.8 Å². The lowest BCUT2D eigenvalue weighted by atomic mass is 10.1. The Bertz CT molecular complexity index is 965. The van der Waals surface area contributed by atoms with Crippen LogP contribution in [0.25, 0.3) is 0 Å². The average Bonchev–Trinajstić information content (AvgIpc) is 2.81. The van der Waals surface area contributed by atoms with Crippen molar-refractivity contribution in [1.29, 1.82) is 0 Å². The van der Waals surface area contributed by atoms with Crippen molar-refractivity contribution in [3.8, 4) is 12.8 Å². The Balaban J connectivity index is 0.000000944. The number of nitrogens with one attached hydrogen (secondary N) is 2. The van der Waals surface area contributed by atoms with E-state index < -0.39 is 0 Å². The molecule has 0 fully saturated rings. The van der Waals surface area contributed by atoms with Crippen LogP contribution >= 0.6 is 0 Å². The number of aromatic amines is 1. The Kier molecular flexibility index (Phi) is 13.3. The predicted molar refractivity (Wildman–Crippen MR) is 136 cm³/mol.